The molecule has 1 atom stereocenters. The molecule has 7 heteroatoms. The van der Waals surface area contributed by atoms with Crippen LogP contribution in [-0.4, -0.2) is 63.5 Å². The molecule has 190 valence electrons. The third kappa shape index (κ3) is 7.07. The molecule has 3 aromatic carbocycles. The van der Waals surface area contributed by atoms with Crippen LogP contribution in [0.5, 0.6) is 0 Å². The molecular formula is C29H33IN2O4. The number of rotatable bonds is 9. The zero-order valence-electron chi connectivity index (χ0n) is 20.9. The maximum Gasteiger partial charge on any atom is 0.407 e. The Morgan fingerprint density at radius 3 is 1.97 bits per heavy atom. The molecule has 0 saturated heterocycles. The molecule has 0 heterocycles. The predicted molar refractivity (Wildman–Crippen MR) is 136 cm³/mol. The zero-order chi connectivity index (χ0) is 24.8. The first kappa shape index (κ1) is 27.7. The molecule has 3 aromatic rings. The van der Waals surface area contributed by atoms with E-state index in [1.54, 1.807) is 0 Å². The Hall–Kier alpha value is -2.91. The summed E-state index contributed by atoms with van der Waals surface area (Å²) in [4.78, 5) is 25.7. The monoisotopic (exact) mass is 600 g/mol. The summed E-state index contributed by atoms with van der Waals surface area (Å²) < 4.78 is 11.8. The quantitative estimate of drug-likeness (QED) is 0.229. The van der Waals surface area contributed by atoms with Crippen LogP contribution in [0.2, 0.25) is 0 Å². The van der Waals surface area contributed by atoms with Crippen LogP contribution in [0.15, 0.2) is 78.9 Å². The van der Waals surface area contributed by atoms with Gasteiger partial charge >= 0.3 is 12.1 Å². The van der Waals surface area contributed by atoms with Crippen LogP contribution in [0.25, 0.3) is 11.1 Å². The number of hydrogen-bond acceptors (Lipinski definition) is 4. The van der Waals surface area contributed by atoms with Crippen LogP contribution in [0, 0.1) is 0 Å². The molecule has 0 radical (unpaired) electrons. The largest absolute Gasteiger partial charge is 1.00 e. The lowest BCUT2D eigenvalue weighted by Gasteiger charge is -2.24. The van der Waals surface area contributed by atoms with Gasteiger partial charge in [0.15, 0.2) is 0 Å². The van der Waals surface area contributed by atoms with Crippen molar-refractivity contribution in [3.05, 3.63) is 95.6 Å². The molecule has 1 N–H and O–H groups in total. The van der Waals surface area contributed by atoms with E-state index >= 15 is 0 Å². The van der Waals surface area contributed by atoms with E-state index in [-0.39, 0.29) is 43.1 Å². The number of quaternary nitrogens is 1. The number of carbonyl (C=O) groups is 2. The van der Waals surface area contributed by atoms with Gasteiger partial charge in [0, 0.05) is 12.3 Å². The van der Waals surface area contributed by atoms with E-state index in [2.05, 4.69) is 29.6 Å². The van der Waals surface area contributed by atoms with Crippen LogP contribution < -0.4 is 29.3 Å². The molecule has 6 nitrogen and oxygen atoms in total. The Morgan fingerprint density at radius 1 is 0.833 bits per heavy atom. The highest BCUT2D eigenvalue weighted by atomic mass is 127. The van der Waals surface area contributed by atoms with Crippen molar-refractivity contribution in [3.63, 3.8) is 0 Å². The Kier molecular flexibility index (Phi) is 9.50. The fourth-order valence-corrected chi connectivity index (χ4v) is 4.35. The van der Waals surface area contributed by atoms with E-state index in [0.717, 1.165) is 16.7 Å². The number of hydrogen-bond donors (Lipinski definition) is 1. The molecule has 1 aliphatic rings. The summed E-state index contributed by atoms with van der Waals surface area (Å²) >= 11 is 0. The van der Waals surface area contributed by atoms with Crippen molar-refractivity contribution < 1.29 is 47.5 Å². The normalized spacial score (nSPS) is 13.1. The van der Waals surface area contributed by atoms with E-state index in [1.807, 2.05) is 75.7 Å². The second-order valence-electron chi connectivity index (χ2n) is 9.89. The standard InChI is InChI=1S/C29H32N2O4.HI/c1-31(2,3)17-18-34-28(32)27(19-21-11-5-4-6-12-21)30-29(33)35-20-26-24-15-9-7-13-22(24)23-14-8-10-16-25(23)26;/h4-16,26-27H,17-20H2,1-3H3;1H/t27-;/m0./s1. The van der Waals surface area contributed by atoms with E-state index < -0.39 is 18.1 Å². The van der Waals surface area contributed by atoms with Crippen LogP contribution in [0.1, 0.15) is 22.6 Å². The molecule has 0 fully saturated rings. The minimum absolute atomic E-state index is 0. The predicted octanol–water partition coefficient (Wildman–Crippen LogP) is 1.39. The maximum absolute atomic E-state index is 12.9. The number of halogens is 1. The van der Waals surface area contributed by atoms with E-state index in [1.165, 1.54) is 11.1 Å². The third-order valence-corrected chi connectivity index (χ3v) is 6.21. The molecule has 4 rings (SSSR count). The molecule has 36 heavy (non-hydrogen) atoms. The SMILES string of the molecule is C[N+](C)(C)CCOC(=O)[C@H](Cc1ccccc1)NC(=O)OCC1c2ccccc2-c2ccccc21.[I-]. The number of alkyl carbamates (subject to hydrolysis) is 1. The Bertz CT molecular complexity index is 1130. The smallest absolute Gasteiger partial charge is 0.407 e. The van der Waals surface area contributed by atoms with Gasteiger partial charge in [-0.05, 0) is 27.8 Å². The summed E-state index contributed by atoms with van der Waals surface area (Å²) in [7, 11) is 6.10. The first-order chi connectivity index (χ1) is 16.8. The van der Waals surface area contributed by atoms with E-state index in [9.17, 15) is 9.59 Å². The maximum atomic E-state index is 12.9. The van der Waals surface area contributed by atoms with Crippen molar-refractivity contribution in [1.29, 1.82) is 0 Å². The number of benzene rings is 3. The van der Waals surface area contributed by atoms with Crippen molar-refractivity contribution in [2.45, 2.75) is 18.4 Å². The van der Waals surface area contributed by atoms with Gasteiger partial charge in [0.25, 0.3) is 0 Å². The Morgan fingerprint density at radius 2 is 1.39 bits per heavy atom. The van der Waals surface area contributed by atoms with Gasteiger partial charge in [-0.2, -0.15) is 0 Å². The first-order valence-electron chi connectivity index (χ1n) is 11.9. The number of amides is 1. The number of nitrogens with one attached hydrogen (secondary N) is 1. The van der Waals surface area contributed by atoms with Crippen molar-refractivity contribution in [1.82, 2.24) is 5.32 Å². The second-order valence-corrected chi connectivity index (χ2v) is 9.89. The highest BCUT2D eigenvalue weighted by molar-refractivity contribution is 5.82. The summed E-state index contributed by atoms with van der Waals surface area (Å²) in [6.45, 7) is 1.14. The summed E-state index contributed by atoms with van der Waals surface area (Å²) in [5.41, 5.74) is 5.55. The topological polar surface area (TPSA) is 64.6 Å². The fourth-order valence-electron chi connectivity index (χ4n) is 4.35. The minimum atomic E-state index is -0.833. The molecule has 0 bridgehead atoms. The summed E-state index contributed by atoms with van der Waals surface area (Å²) in [6, 6.07) is 25.1. The summed E-state index contributed by atoms with van der Waals surface area (Å²) in [6.07, 6.45) is -0.301. The van der Waals surface area contributed by atoms with Gasteiger partial charge in [0.1, 0.15) is 25.8 Å². The highest BCUT2D eigenvalue weighted by Gasteiger charge is 2.30. The molecule has 0 aliphatic heterocycles. The van der Waals surface area contributed by atoms with Gasteiger partial charge in [-0.3, -0.25) is 0 Å². The third-order valence-electron chi connectivity index (χ3n) is 6.21. The molecule has 0 unspecified atom stereocenters. The van der Waals surface area contributed by atoms with Crippen molar-refractivity contribution in [2.24, 2.45) is 0 Å². The fraction of sp³-hybridized carbons (Fsp3) is 0.310. The number of ether oxygens (including phenoxy) is 2. The van der Waals surface area contributed by atoms with Crippen LogP contribution in [0.4, 0.5) is 4.79 Å². The van der Waals surface area contributed by atoms with Gasteiger partial charge in [0.2, 0.25) is 0 Å². The molecular weight excluding hydrogens is 567 g/mol. The number of fused-ring (bicyclic) bond motifs is 3. The van der Waals surface area contributed by atoms with Crippen molar-refractivity contribution in [2.75, 3.05) is 40.9 Å². The summed E-state index contributed by atoms with van der Waals surface area (Å²) in [5, 5.41) is 2.74. The number of nitrogens with zero attached hydrogens (tertiary/aromatic N) is 1. The van der Waals surface area contributed by atoms with Crippen molar-refractivity contribution >= 4 is 12.1 Å². The number of esters is 1. The van der Waals surface area contributed by atoms with E-state index in [4.69, 9.17) is 9.47 Å². The Balaban J connectivity index is 0.00000361. The molecule has 1 amide bonds. The van der Waals surface area contributed by atoms with Gasteiger partial charge in [-0.15, -0.1) is 0 Å². The second kappa shape index (κ2) is 12.4. The molecule has 0 spiro atoms. The van der Waals surface area contributed by atoms with Gasteiger partial charge in [0.05, 0.1) is 21.1 Å². The lowest BCUT2D eigenvalue weighted by molar-refractivity contribution is -0.870. The lowest BCUT2D eigenvalue weighted by atomic mass is 9.98. The van der Waals surface area contributed by atoms with Crippen LogP contribution in [-0.2, 0) is 20.7 Å². The zero-order valence-corrected chi connectivity index (χ0v) is 23.1. The average Bonchev–Trinajstić information content (AvgIpc) is 3.16. The molecule has 1 aliphatic carbocycles. The number of carbonyl (C=O) groups excluding carboxylic acids is 2. The lowest BCUT2D eigenvalue weighted by Crippen LogP contribution is -3.00. The minimum Gasteiger partial charge on any atom is -1.00 e. The van der Waals surface area contributed by atoms with Crippen molar-refractivity contribution in [3.8, 4) is 11.1 Å². The molecule has 0 saturated carbocycles. The van der Waals surface area contributed by atoms with Gasteiger partial charge < -0.3 is 43.3 Å². The van der Waals surface area contributed by atoms with E-state index in [0.29, 0.717) is 17.4 Å². The van der Waals surface area contributed by atoms with Crippen LogP contribution in [0.3, 0.4) is 0 Å². The number of likely N-dealkylation sites (N-methyl/N-ethyl adjacent to an activating group) is 1. The first-order valence-corrected chi connectivity index (χ1v) is 11.9. The average molecular weight is 600 g/mol. The van der Waals surface area contributed by atoms with Gasteiger partial charge in [-0.25, -0.2) is 9.59 Å². The van der Waals surface area contributed by atoms with Gasteiger partial charge in [-0.1, -0.05) is 78.9 Å². The Labute approximate surface area is 230 Å². The summed E-state index contributed by atoms with van der Waals surface area (Å²) in [5.74, 6) is -0.506. The van der Waals surface area contributed by atoms with Crippen LogP contribution >= 0.6 is 0 Å². The highest BCUT2D eigenvalue weighted by Crippen LogP contribution is 2.44. The molecule has 0 aromatic heterocycles.